The number of alkyl halides is 1. The first kappa shape index (κ1) is 12.8. The van der Waals surface area contributed by atoms with E-state index in [0.29, 0.717) is 17.9 Å². The van der Waals surface area contributed by atoms with Crippen molar-refractivity contribution < 1.29 is 9.13 Å². The van der Waals surface area contributed by atoms with Crippen molar-refractivity contribution in [3.05, 3.63) is 59.2 Å². The fraction of sp³-hybridized carbons (Fsp3) is 0.214. The van der Waals surface area contributed by atoms with Gasteiger partial charge in [0.1, 0.15) is 18.2 Å². The van der Waals surface area contributed by atoms with Crippen LogP contribution in [-0.2, 0) is 12.5 Å². The standard InChI is InChI=1S/C14H13ClFNO/c1-10-3-2-6-17-13(10)9-18-14-5-4-12(16)7-11(14)8-15/h2-7H,8-9H2,1H3. The number of halogens is 2. The molecule has 0 bridgehead atoms. The molecule has 0 saturated heterocycles. The first-order valence-corrected chi connectivity index (χ1v) is 6.12. The second-order valence-electron chi connectivity index (χ2n) is 3.94. The highest BCUT2D eigenvalue weighted by Gasteiger charge is 2.06. The Balaban J connectivity index is 2.13. The van der Waals surface area contributed by atoms with E-state index >= 15 is 0 Å². The van der Waals surface area contributed by atoms with E-state index in [1.807, 2.05) is 19.1 Å². The predicted molar refractivity (Wildman–Crippen MR) is 69.3 cm³/mol. The summed E-state index contributed by atoms with van der Waals surface area (Å²) >= 11 is 5.75. The zero-order chi connectivity index (χ0) is 13.0. The molecular weight excluding hydrogens is 253 g/mol. The first-order chi connectivity index (χ1) is 8.70. The Labute approximate surface area is 110 Å². The van der Waals surface area contributed by atoms with Crippen LogP contribution in [0.25, 0.3) is 0 Å². The van der Waals surface area contributed by atoms with E-state index in [2.05, 4.69) is 4.98 Å². The molecule has 0 radical (unpaired) electrons. The molecule has 1 aromatic heterocycles. The number of benzene rings is 1. The van der Waals surface area contributed by atoms with Crippen LogP contribution >= 0.6 is 11.6 Å². The Hall–Kier alpha value is -1.61. The molecule has 0 saturated carbocycles. The third-order valence-electron chi connectivity index (χ3n) is 2.65. The highest BCUT2D eigenvalue weighted by Crippen LogP contribution is 2.22. The number of nitrogens with zero attached hydrogens (tertiary/aromatic N) is 1. The van der Waals surface area contributed by atoms with Gasteiger partial charge >= 0.3 is 0 Å². The van der Waals surface area contributed by atoms with Crippen LogP contribution in [0.3, 0.4) is 0 Å². The number of hydrogen-bond donors (Lipinski definition) is 0. The molecule has 4 heteroatoms. The summed E-state index contributed by atoms with van der Waals surface area (Å²) in [7, 11) is 0. The van der Waals surface area contributed by atoms with Gasteiger partial charge in [-0.05, 0) is 36.8 Å². The van der Waals surface area contributed by atoms with Gasteiger partial charge in [-0.3, -0.25) is 4.98 Å². The number of hydrogen-bond acceptors (Lipinski definition) is 2. The normalized spacial score (nSPS) is 10.4. The molecule has 0 unspecified atom stereocenters. The summed E-state index contributed by atoms with van der Waals surface area (Å²) in [5.41, 5.74) is 2.57. The summed E-state index contributed by atoms with van der Waals surface area (Å²) < 4.78 is 18.7. The van der Waals surface area contributed by atoms with E-state index < -0.39 is 0 Å². The minimum Gasteiger partial charge on any atom is -0.487 e. The molecule has 0 aliphatic heterocycles. The fourth-order valence-electron chi connectivity index (χ4n) is 1.61. The van der Waals surface area contributed by atoms with Crippen LogP contribution in [-0.4, -0.2) is 4.98 Å². The van der Waals surface area contributed by atoms with E-state index in [0.717, 1.165) is 11.3 Å². The lowest BCUT2D eigenvalue weighted by atomic mass is 10.2. The summed E-state index contributed by atoms with van der Waals surface area (Å²) in [6.07, 6.45) is 1.72. The zero-order valence-electron chi connectivity index (χ0n) is 9.99. The third kappa shape index (κ3) is 2.99. The fourth-order valence-corrected chi connectivity index (χ4v) is 1.82. The topological polar surface area (TPSA) is 22.1 Å². The van der Waals surface area contributed by atoms with Gasteiger partial charge in [-0.1, -0.05) is 6.07 Å². The van der Waals surface area contributed by atoms with Gasteiger partial charge in [0, 0.05) is 11.8 Å². The van der Waals surface area contributed by atoms with Gasteiger partial charge in [-0.2, -0.15) is 0 Å². The second kappa shape index (κ2) is 5.83. The minimum absolute atomic E-state index is 0.217. The minimum atomic E-state index is -0.313. The van der Waals surface area contributed by atoms with E-state index in [4.69, 9.17) is 16.3 Å². The molecule has 2 nitrogen and oxygen atoms in total. The van der Waals surface area contributed by atoms with Crippen LogP contribution in [0.2, 0.25) is 0 Å². The third-order valence-corrected chi connectivity index (χ3v) is 2.94. The van der Waals surface area contributed by atoms with Crippen LogP contribution in [0.5, 0.6) is 5.75 Å². The second-order valence-corrected chi connectivity index (χ2v) is 4.21. The smallest absolute Gasteiger partial charge is 0.130 e. The van der Waals surface area contributed by atoms with Crippen LogP contribution < -0.4 is 4.74 Å². The molecule has 0 fully saturated rings. The van der Waals surface area contributed by atoms with Crippen molar-refractivity contribution in [2.24, 2.45) is 0 Å². The van der Waals surface area contributed by atoms with Gasteiger partial charge in [-0.25, -0.2) is 4.39 Å². The van der Waals surface area contributed by atoms with Gasteiger partial charge in [0.05, 0.1) is 11.6 Å². The molecule has 1 aromatic carbocycles. The van der Waals surface area contributed by atoms with Crippen molar-refractivity contribution in [2.75, 3.05) is 0 Å². The summed E-state index contributed by atoms with van der Waals surface area (Å²) in [5, 5.41) is 0. The Kier molecular flexibility index (Phi) is 4.15. The van der Waals surface area contributed by atoms with Gasteiger partial charge < -0.3 is 4.74 Å². The number of aromatic nitrogens is 1. The average molecular weight is 266 g/mol. The van der Waals surface area contributed by atoms with Crippen LogP contribution in [0.15, 0.2) is 36.5 Å². The van der Waals surface area contributed by atoms with Gasteiger partial charge in [0.2, 0.25) is 0 Å². The van der Waals surface area contributed by atoms with Crippen molar-refractivity contribution >= 4 is 11.6 Å². The molecule has 1 heterocycles. The van der Waals surface area contributed by atoms with Gasteiger partial charge in [0.15, 0.2) is 0 Å². The van der Waals surface area contributed by atoms with E-state index in [-0.39, 0.29) is 11.7 Å². The molecule has 0 aliphatic rings. The number of pyridine rings is 1. The Morgan fingerprint density at radius 3 is 2.89 bits per heavy atom. The van der Waals surface area contributed by atoms with Gasteiger partial charge in [0.25, 0.3) is 0 Å². The monoisotopic (exact) mass is 265 g/mol. The summed E-state index contributed by atoms with van der Waals surface area (Å²) in [6.45, 7) is 2.32. The van der Waals surface area contributed by atoms with E-state index in [9.17, 15) is 4.39 Å². The maximum Gasteiger partial charge on any atom is 0.130 e. The lowest BCUT2D eigenvalue weighted by Crippen LogP contribution is -2.02. The maximum atomic E-state index is 13.0. The Morgan fingerprint density at radius 2 is 2.17 bits per heavy atom. The van der Waals surface area contributed by atoms with Crippen molar-refractivity contribution in [1.29, 1.82) is 0 Å². The number of rotatable bonds is 4. The lowest BCUT2D eigenvalue weighted by molar-refractivity contribution is 0.297. The number of ether oxygens (including phenoxy) is 1. The molecule has 0 spiro atoms. The molecular formula is C14H13ClFNO. The average Bonchev–Trinajstić information content (AvgIpc) is 2.39. The summed E-state index contributed by atoms with van der Waals surface area (Å²) in [5.74, 6) is 0.498. The quantitative estimate of drug-likeness (QED) is 0.784. The molecule has 0 N–H and O–H groups in total. The van der Waals surface area contributed by atoms with Crippen LogP contribution in [0, 0.1) is 12.7 Å². The largest absolute Gasteiger partial charge is 0.487 e. The van der Waals surface area contributed by atoms with E-state index in [1.54, 1.807) is 12.3 Å². The molecule has 18 heavy (non-hydrogen) atoms. The molecule has 2 rings (SSSR count). The predicted octanol–water partition coefficient (Wildman–Crippen LogP) is 3.85. The highest BCUT2D eigenvalue weighted by atomic mass is 35.5. The SMILES string of the molecule is Cc1cccnc1COc1ccc(F)cc1CCl. The van der Waals surface area contributed by atoms with Crippen molar-refractivity contribution in [3.8, 4) is 5.75 Å². The maximum absolute atomic E-state index is 13.0. The molecule has 2 aromatic rings. The number of aryl methyl sites for hydroxylation is 1. The zero-order valence-corrected chi connectivity index (χ0v) is 10.7. The molecule has 94 valence electrons. The van der Waals surface area contributed by atoms with Crippen molar-refractivity contribution in [1.82, 2.24) is 4.98 Å². The van der Waals surface area contributed by atoms with E-state index in [1.165, 1.54) is 12.1 Å². The Morgan fingerprint density at radius 1 is 1.33 bits per heavy atom. The van der Waals surface area contributed by atoms with Crippen LogP contribution in [0.4, 0.5) is 4.39 Å². The lowest BCUT2D eigenvalue weighted by Gasteiger charge is -2.10. The molecule has 0 aliphatic carbocycles. The molecule has 0 atom stereocenters. The van der Waals surface area contributed by atoms with Crippen molar-refractivity contribution in [2.45, 2.75) is 19.4 Å². The first-order valence-electron chi connectivity index (χ1n) is 5.58. The van der Waals surface area contributed by atoms with Gasteiger partial charge in [-0.15, -0.1) is 11.6 Å². The summed E-state index contributed by atoms with van der Waals surface area (Å²) in [6, 6.07) is 8.18. The van der Waals surface area contributed by atoms with Crippen LogP contribution in [0.1, 0.15) is 16.8 Å². The Bertz CT molecular complexity index is 545. The summed E-state index contributed by atoms with van der Waals surface area (Å²) in [4.78, 5) is 4.23. The van der Waals surface area contributed by atoms with Crippen molar-refractivity contribution in [3.63, 3.8) is 0 Å². The molecule has 0 amide bonds. The highest BCUT2D eigenvalue weighted by molar-refractivity contribution is 6.17.